The second-order valence-corrected chi connectivity index (χ2v) is 7.92. The first-order valence-electron chi connectivity index (χ1n) is 10.0. The third-order valence-electron chi connectivity index (χ3n) is 4.82. The van der Waals surface area contributed by atoms with Crippen molar-refractivity contribution in [3.8, 4) is 22.7 Å². The van der Waals surface area contributed by atoms with Crippen LogP contribution >= 0.6 is 15.9 Å². The van der Waals surface area contributed by atoms with Gasteiger partial charge in [-0.1, -0.05) is 46.3 Å². The van der Waals surface area contributed by atoms with Crippen LogP contribution in [0.15, 0.2) is 95.6 Å². The minimum Gasteiger partial charge on any atom is -0.497 e. The van der Waals surface area contributed by atoms with Gasteiger partial charge in [-0.25, -0.2) is 9.48 Å². The van der Waals surface area contributed by atoms with Crippen LogP contribution in [0.5, 0.6) is 5.75 Å². The number of hydrogen-bond donors (Lipinski definition) is 0. The fourth-order valence-corrected chi connectivity index (χ4v) is 3.40. The second-order valence-electron chi connectivity index (χ2n) is 7.01. The molecule has 6 heteroatoms. The van der Waals surface area contributed by atoms with E-state index in [1.807, 2.05) is 85.1 Å². The van der Waals surface area contributed by atoms with Crippen molar-refractivity contribution in [3.63, 3.8) is 0 Å². The lowest BCUT2D eigenvalue weighted by atomic mass is 10.1. The number of nitrogens with zero attached hydrogens (tertiary/aromatic N) is 2. The topological polar surface area (TPSA) is 53.4 Å². The summed E-state index contributed by atoms with van der Waals surface area (Å²) in [6, 6.07) is 25.1. The summed E-state index contributed by atoms with van der Waals surface area (Å²) < 4.78 is 13.4. The number of hydrogen-bond acceptors (Lipinski definition) is 4. The van der Waals surface area contributed by atoms with Gasteiger partial charge in [-0.05, 0) is 60.2 Å². The van der Waals surface area contributed by atoms with E-state index in [0.29, 0.717) is 0 Å². The monoisotopic (exact) mass is 488 g/mol. The molecule has 0 spiro atoms. The van der Waals surface area contributed by atoms with Crippen LogP contribution in [-0.2, 0) is 16.1 Å². The van der Waals surface area contributed by atoms with Crippen molar-refractivity contribution in [1.29, 1.82) is 0 Å². The molecule has 0 N–H and O–H groups in total. The Balaban J connectivity index is 1.57. The summed E-state index contributed by atoms with van der Waals surface area (Å²) in [4.78, 5) is 12.3. The Morgan fingerprint density at radius 1 is 1.00 bits per heavy atom. The van der Waals surface area contributed by atoms with Crippen LogP contribution in [0.2, 0.25) is 0 Å². The molecule has 0 bridgehead atoms. The number of halogens is 1. The van der Waals surface area contributed by atoms with E-state index in [2.05, 4.69) is 15.9 Å². The zero-order chi connectivity index (χ0) is 22.3. The van der Waals surface area contributed by atoms with Gasteiger partial charge in [0.1, 0.15) is 12.4 Å². The number of methoxy groups -OCH3 is 1. The highest BCUT2D eigenvalue weighted by Crippen LogP contribution is 2.26. The van der Waals surface area contributed by atoms with Crippen LogP contribution in [-0.4, -0.2) is 22.9 Å². The molecule has 32 heavy (non-hydrogen) atoms. The molecule has 0 atom stereocenters. The highest BCUT2D eigenvalue weighted by atomic mass is 79.9. The van der Waals surface area contributed by atoms with E-state index in [4.69, 9.17) is 14.6 Å². The van der Waals surface area contributed by atoms with Gasteiger partial charge in [-0.3, -0.25) is 0 Å². The van der Waals surface area contributed by atoms with Gasteiger partial charge in [0.25, 0.3) is 0 Å². The Kier molecular flexibility index (Phi) is 6.82. The van der Waals surface area contributed by atoms with Crippen molar-refractivity contribution in [3.05, 3.63) is 107 Å². The molecule has 3 aromatic carbocycles. The van der Waals surface area contributed by atoms with Gasteiger partial charge < -0.3 is 9.47 Å². The van der Waals surface area contributed by atoms with Crippen molar-refractivity contribution >= 4 is 28.0 Å². The number of ether oxygens (including phenoxy) is 2. The van der Waals surface area contributed by atoms with Crippen LogP contribution in [0.25, 0.3) is 23.0 Å². The van der Waals surface area contributed by atoms with E-state index >= 15 is 0 Å². The molecule has 1 aromatic heterocycles. The number of para-hydroxylation sites is 1. The SMILES string of the molecule is COc1ccc(-c2nn(-c3ccccc3)cc2C=CC(=O)OCc2ccc(Br)cc2)cc1. The molecule has 0 aliphatic carbocycles. The van der Waals surface area contributed by atoms with Crippen molar-refractivity contribution in [2.24, 2.45) is 0 Å². The van der Waals surface area contributed by atoms with Gasteiger partial charge in [0.05, 0.1) is 18.5 Å². The van der Waals surface area contributed by atoms with E-state index in [1.54, 1.807) is 17.9 Å². The summed E-state index contributed by atoms with van der Waals surface area (Å²) in [5, 5.41) is 4.75. The molecule has 160 valence electrons. The molecule has 5 nitrogen and oxygen atoms in total. The van der Waals surface area contributed by atoms with Crippen LogP contribution < -0.4 is 4.74 Å². The van der Waals surface area contributed by atoms with E-state index in [1.165, 1.54) is 6.08 Å². The normalized spacial score (nSPS) is 10.9. The minimum atomic E-state index is -0.416. The second kappa shape index (κ2) is 10.1. The largest absolute Gasteiger partial charge is 0.497 e. The lowest BCUT2D eigenvalue weighted by Crippen LogP contribution is -2.00. The first-order valence-corrected chi connectivity index (χ1v) is 10.8. The highest BCUT2D eigenvalue weighted by molar-refractivity contribution is 9.10. The highest BCUT2D eigenvalue weighted by Gasteiger charge is 2.11. The van der Waals surface area contributed by atoms with Crippen LogP contribution in [0.4, 0.5) is 0 Å². The summed E-state index contributed by atoms with van der Waals surface area (Å²) in [5.74, 6) is 0.353. The Hall–Kier alpha value is -3.64. The molecule has 0 fully saturated rings. The molecule has 0 aliphatic rings. The lowest BCUT2D eigenvalue weighted by molar-refractivity contribution is -0.138. The van der Waals surface area contributed by atoms with Crippen LogP contribution in [0.3, 0.4) is 0 Å². The third-order valence-corrected chi connectivity index (χ3v) is 5.35. The van der Waals surface area contributed by atoms with Crippen molar-refractivity contribution in [1.82, 2.24) is 9.78 Å². The maximum absolute atomic E-state index is 12.3. The summed E-state index contributed by atoms with van der Waals surface area (Å²) in [5.41, 5.74) is 4.34. The van der Waals surface area contributed by atoms with Gasteiger partial charge in [-0.15, -0.1) is 0 Å². The molecule has 1 heterocycles. The summed E-state index contributed by atoms with van der Waals surface area (Å²) in [6.07, 6.45) is 5.06. The van der Waals surface area contributed by atoms with Gasteiger partial charge in [0.2, 0.25) is 0 Å². The van der Waals surface area contributed by atoms with Gasteiger partial charge in [0.15, 0.2) is 0 Å². The average Bonchev–Trinajstić information content (AvgIpc) is 3.27. The molecule has 0 saturated heterocycles. The van der Waals surface area contributed by atoms with Gasteiger partial charge in [-0.2, -0.15) is 5.10 Å². The summed E-state index contributed by atoms with van der Waals surface area (Å²) in [6.45, 7) is 0.213. The fraction of sp³-hybridized carbons (Fsp3) is 0.0769. The average molecular weight is 489 g/mol. The Morgan fingerprint density at radius 2 is 1.72 bits per heavy atom. The molecule has 4 aromatic rings. The van der Waals surface area contributed by atoms with Crippen LogP contribution in [0.1, 0.15) is 11.1 Å². The molecular formula is C26H21BrN2O3. The van der Waals surface area contributed by atoms with Crippen LogP contribution in [0, 0.1) is 0 Å². The van der Waals surface area contributed by atoms with E-state index in [0.717, 1.165) is 38.3 Å². The molecule has 0 radical (unpaired) electrons. The van der Waals surface area contributed by atoms with Crippen molar-refractivity contribution in [2.45, 2.75) is 6.61 Å². The smallest absolute Gasteiger partial charge is 0.331 e. The number of benzene rings is 3. The molecule has 0 amide bonds. The fourth-order valence-electron chi connectivity index (χ4n) is 3.14. The number of carbonyl (C=O) groups excluding carboxylic acids is 1. The molecule has 4 rings (SSSR count). The predicted molar refractivity (Wildman–Crippen MR) is 129 cm³/mol. The molecular weight excluding hydrogens is 468 g/mol. The Bertz CT molecular complexity index is 1210. The molecule has 0 saturated carbocycles. The zero-order valence-electron chi connectivity index (χ0n) is 17.4. The van der Waals surface area contributed by atoms with E-state index < -0.39 is 5.97 Å². The maximum Gasteiger partial charge on any atom is 0.331 e. The minimum absolute atomic E-state index is 0.213. The molecule has 0 aliphatic heterocycles. The number of carbonyl (C=O) groups is 1. The predicted octanol–water partition coefficient (Wildman–Crippen LogP) is 6.07. The lowest BCUT2D eigenvalue weighted by Gasteiger charge is -2.03. The van der Waals surface area contributed by atoms with E-state index in [9.17, 15) is 4.79 Å². The first kappa shape index (κ1) is 21.6. The van der Waals surface area contributed by atoms with Gasteiger partial charge >= 0.3 is 5.97 Å². The van der Waals surface area contributed by atoms with Gasteiger partial charge in [0, 0.05) is 27.9 Å². The summed E-state index contributed by atoms with van der Waals surface area (Å²) >= 11 is 3.40. The number of esters is 1. The standard InChI is InChI=1S/C26H21BrN2O3/c1-31-24-14-9-20(10-15-24)26-21(17-29(28-26)23-5-3-2-4-6-23)11-16-25(30)32-18-19-7-12-22(27)13-8-19/h2-17H,18H2,1H3. The van der Waals surface area contributed by atoms with Crippen molar-refractivity contribution in [2.75, 3.05) is 7.11 Å². The van der Waals surface area contributed by atoms with E-state index in [-0.39, 0.29) is 6.61 Å². The molecule has 0 unspecified atom stereocenters. The van der Waals surface area contributed by atoms with Crippen molar-refractivity contribution < 1.29 is 14.3 Å². The maximum atomic E-state index is 12.3. The summed E-state index contributed by atoms with van der Waals surface area (Å²) in [7, 11) is 1.63. The quantitative estimate of drug-likeness (QED) is 0.234. The number of rotatable bonds is 7. The number of aromatic nitrogens is 2. The Labute approximate surface area is 195 Å². The Morgan fingerprint density at radius 3 is 2.41 bits per heavy atom. The first-order chi connectivity index (χ1) is 15.6. The zero-order valence-corrected chi connectivity index (χ0v) is 19.0. The third kappa shape index (κ3) is 5.34.